The van der Waals surface area contributed by atoms with E-state index < -0.39 is 5.97 Å². The smallest absolute Gasteiger partial charge is 0.339 e. The van der Waals surface area contributed by atoms with Gasteiger partial charge in [0.2, 0.25) is 0 Å². The third-order valence-electron chi connectivity index (χ3n) is 1.59. The molecule has 0 spiro atoms. The van der Waals surface area contributed by atoms with Crippen LogP contribution in [0.25, 0.3) is 0 Å². The Bertz CT molecular complexity index is 426. The lowest BCUT2D eigenvalue weighted by Crippen LogP contribution is -2.04. The van der Waals surface area contributed by atoms with Crippen LogP contribution in [0.4, 0.5) is 0 Å². The summed E-state index contributed by atoms with van der Waals surface area (Å²) >= 11 is 8.94. The van der Waals surface area contributed by atoms with Crippen LogP contribution in [0.5, 0.6) is 0 Å². The van der Waals surface area contributed by atoms with Crippen molar-refractivity contribution >= 4 is 33.5 Å². The predicted octanol–water partition coefficient (Wildman–Crippen LogP) is 2.76. The van der Waals surface area contributed by atoms with Crippen molar-refractivity contribution < 1.29 is 9.53 Å². The molecule has 0 unspecified atom stereocenters. The zero-order chi connectivity index (χ0) is 10.7. The van der Waals surface area contributed by atoms with Crippen LogP contribution in [-0.2, 0) is 4.74 Å². The van der Waals surface area contributed by atoms with Crippen LogP contribution in [-0.4, -0.2) is 13.1 Å². The molecule has 0 saturated carbocycles. The topological polar surface area (TPSA) is 50.1 Å². The lowest BCUT2D eigenvalue weighted by Gasteiger charge is -2.03. The summed E-state index contributed by atoms with van der Waals surface area (Å²) in [4.78, 5) is 11.2. The first-order valence-electron chi connectivity index (χ1n) is 3.57. The van der Waals surface area contributed by atoms with Crippen LogP contribution in [0.1, 0.15) is 15.9 Å². The van der Waals surface area contributed by atoms with Gasteiger partial charge in [-0.3, -0.25) is 0 Å². The fourth-order valence-corrected chi connectivity index (χ4v) is 1.43. The van der Waals surface area contributed by atoms with Crippen molar-refractivity contribution in [2.24, 2.45) is 0 Å². The molecule has 0 aliphatic carbocycles. The molecule has 0 fully saturated rings. The van der Waals surface area contributed by atoms with Gasteiger partial charge in [-0.05, 0) is 28.1 Å². The first kappa shape index (κ1) is 11.0. The minimum atomic E-state index is -0.573. The molecule has 14 heavy (non-hydrogen) atoms. The van der Waals surface area contributed by atoms with Gasteiger partial charge in [0.15, 0.2) is 0 Å². The van der Waals surface area contributed by atoms with E-state index in [1.807, 2.05) is 6.07 Å². The van der Waals surface area contributed by atoms with Gasteiger partial charge in [0, 0.05) is 4.47 Å². The van der Waals surface area contributed by atoms with E-state index in [1.54, 1.807) is 0 Å². The van der Waals surface area contributed by atoms with Gasteiger partial charge >= 0.3 is 5.97 Å². The van der Waals surface area contributed by atoms with E-state index in [2.05, 4.69) is 20.7 Å². The van der Waals surface area contributed by atoms with Crippen LogP contribution in [0, 0.1) is 11.3 Å². The van der Waals surface area contributed by atoms with Gasteiger partial charge in [0.05, 0.1) is 23.3 Å². The fourth-order valence-electron chi connectivity index (χ4n) is 0.918. The Kier molecular flexibility index (Phi) is 3.50. The van der Waals surface area contributed by atoms with Crippen molar-refractivity contribution in [1.82, 2.24) is 0 Å². The molecular weight excluding hydrogens is 269 g/mol. The van der Waals surface area contributed by atoms with E-state index in [4.69, 9.17) is 16.9 Å². The minimum absolute atomic E-state index is 0.170. The number of esters is 1. The maximum atomic E-state index is 11.2. The highest BCUT2D eigenvalue weighted by Crippen LogP contribution is 2.26. The monoisotopic (exact) mass is 273 g/mol. The number of benzene rings is 1. The van der Waals surface area contributed by atoms with E-state index in [9.17, 15) is 4.79 Å². The molecule has 1 aromatic rings. The standard InChI is InChI=1S/C9H5BrClNO2/c1-14-9(13)6-3-8(11)7(10)2-5(6)4-12/h2-3H,1H3. The van der Waals surface area contributed by atoms with Crippen molar-refractivity contribution in [2.75, 3.05) is 7.11 Å². The molecule has 1 aromatic carbocycles. The maximum Gasteiger partial charge on any atom is 0.339 e. The Labute approximate surface area is 94.4 Å². The quantitative estimate of drug-likeness (QED) is 0.740. The lowest BCUT2D eigenvalue weighted by molar-refractivity contribution is 0.0600. The summed E-state index contributed by atoms with van der Waals surface area (Å²) in [5.74, 6) is -0.573. The van der Waals surface area contributed by atoms with Crippen LogP contribution < -0.4 is 0 Å². The van der Waals surface area contributed by atoms with E-state index in [-0.39, 0.29) is 11.1 Å². The molecule has 72 valence electrons. The van der Waals surface area contributed by atoms with E-state index in [1.165, 1.54) is 19.2 Å². The third kappa shape index (κ3) is 2.06. The molecule has 0 aliphatic heterocycles. The minimum Gasteiger partial charge on any atom is -0.465 e. The second-order valence-corrected chi connectivity index (χ2v) is 3.68. The number of hydrogen-bond donors (Lipinski definition) is 0. The Morgan fingerprint density at radius 1 is 1.64 bits per heavy atom. The first-order valence-corrected chi connectivity index (χ1v) is 4.74. The molecule has 0 aromatic heterocycles. The second kappa shape index (κ2) is 4.45. The first-order chi connectivity index (χ1) is 6.60. The normalized spacial score (nSPS) is 9.29. The molecule has 0 atom stereocenters. The Morgan fingerprint density at radius 2 is 2.29 bits per heavy atom. The molecular formula is C9H5BrClNO2. The van der Waals surface area contributed by atoms with Crippen molar-refractivity contribution in [3.63, 3.8) is 0 Å². The number of ether oxygens (including phenoxy) is 1. The molecule has 0 aliphatic rings. The van der Waals surface area contributed by atoms with Crippen LogP contribution >= 0.6 is 27.5 Å². The molecule has 5 heteroatoms. The van der Waals surface area contributed by atoms with Gasteiger partial charge in [0.25, 0.3) is 0 Å². The SMILES string of the molecule is COC(=O)c1cc(Cl)c(Br)cc1C#N. The van der Waals surface area contributed by atoms with E-state index in [0.717, 1.165) is 0 Å². The Hall–Kier alpha value is -1.05. The number of rotatable bonds is 1. The van der Waals surface area contributed by atoms with Gasteiger partial charge in [-0.2, -0.15) is 5.26 Å². The highest BCUT2D eigenvalue weighted by molar-refractivity contribution is 9.10. The lowest BCUT2D eigenvalue weighted by atomic mass is 10.1. The second-order valence-electron chi connectivity index (χ2n) is 2.42. The summed E-state index contributed by atoms with van der Waals surface area (Å²) in [6.45, 7) is 0. The molecule has 0 N–H and O–H groups in total. The van der Waals surface area contributed by atoms with Crippen molar-refractivity contribution in [3.8, 4) is 6.07 Å². The molecule has 0 radical (unpaired) electrons. The van der Waals surface area contributed by atoms with Gasteiger partial charge in [-0.1, -0.05) is 11.6 Å². The number of nitriles is 1. The highest BCUT2D eigenvalue weighted by atomic mass is 79.9. The zero-order valence-corrected chi connectivity index (χ0v) is 9.52. The number of methoxy groups -OCH3 is 1. The number of halogens is 2. The summed E-state index contributed by atoms with van der Waals surface area (Å²) in [7, 11) is 1.25. The Morgan fingerprint density at radius 3 is 2.79 bits per heavy atom. The number of carbonyl (C=O) groups is 1. The number of hydrogen-bond acceptors (Lipinski definition) is 3. The van der Waals surface area contributed by atoms with Crippen molar-refractivity contribution in [3.05, 3.63) is 32.8 Å². The number of carbonyl (C=O) groups excluding carboxylic acids is 1. The average Bonchev–Trinajstić information content (AvgIpc) is 2.20. The molecule has 0 amide bonds. The Balaban J connectivity index is 3.36. The van der Waals surface area contributed by atoms with Crippen molar-refractivity contribution in [1.29, 1.82) is 5.26 Å². The van der Waals surface area contributed by atoms with Gasteiger partial charge in [-0.25, -0.2) is 4.79 Å². The van der Waals surface area contributed by atoms with Gasteiger partial charge < -0.3 is 4.74 Å². The fraction of sp³-hybridized carbons (Fsp3) is 0.111. The largest absolute Gasteiger partial charge is 0.465 e. The molecule has 0 saturated heterocycles. The molecule has 3 nitrogen and oxygen atoms in total. The van der Waals surface area contributed by atoms with Crippen LogP contribution in [0.3, 0.4) is 0 Å². The summed E-state index contributed by atoms with van der Waals surface area (Å²) in [5, 5.41) is 9.12. The zero-order valence-electron chi connectivity index (χ0n) is 7.17. The van der Waals surface area contributed by atoms with Gasteiger partial charge in [0.1, 0.15) is 6.07 Å². The molecule has 1 rings (SSSR count). The maximum absolute atomic E-state index is 11.2. The van der Waals surface area contributed by atoms with Crippen LogP contribution in [0.2, 0.25) is 5.02 Å². The van der Waals surface area contributed by atoms with Crippen molar-refractivity contribution in [2.45, 2.75) is 0 Å². The molecule has 0 heterocycles. The summed E-state index contributed by atoms with van der Waals surface area (Å²) in [6, 6.07) is 4.77. The third-order valence-corrected chi connectivity index (χ3v) is 2.78. The summed E-state index contributed by atoms with van der Waals surface area (Å²) in [5.41, 5.74) is 0.399. The number of nitrogens with zero attached hydrogens (tertiary/aromatic N) is 1. The summed E-state index contributed by atoms with van der Waals surface area (Å²) in [6.07, 6.45) is 0. The van der Waals surface area contributed by atoms with E-state index in [0.29, 0.717) is 9.50 Å². The summed E-state index contributed by atoms with van der Waals surface area (Å²) < 4.78 is 5.08. The van der Waals surface area contributed by atoms with Gasteiger partial charge in [-0.15, -0.1) is 0 Å². The average molecular weight is 275 g/mol. The predicted molar refractivity (Wildman–Crippen MR) is 55.2 cm³/mol. The highest BCUT2D eigenvalue weighted by Gasteiger charge is 2.14. The van der Waals surface area contributed by atoms with E-state index >= 15 is 0 Å². The van der Waals surface area contributed by atoms with Crippen LogP contribution in [0.15, 0.2) is 16.6 Å². The molecule has 0 bridgehead atoms.